The monoisotopic (exact) mass is 268 g/mol. The number of carbonyl (C=O) groups is 1. The topological polar surface area (TPSA) is 50.4 Å². The first-order valence-corrected chi connectivity index (χ1v) is 7.92. The Morgan fingerprint density at radius 1 is 1.16 bits per heavy atom. The van der Waals surface area contributed by atoms with Crippen LogP contribution in [-0.2, 0) is 9.53 Å². The maximum Gasteiger partial charge on any atom is 0.246 e. The molecular formula is C15H28N2O2. The van der Waals surface area contributed by atoms with Crippen molar-refractivity contribution >= 4 is 5.91 Å². The van der Waals surface area contributed by atoms with Gasteiger partial charge in [0.15, 0.2) is 0 Å². The molecule has 0 bridgehead atoms. The van der Waals surface area contributed by atoms with E-state index in [0.717, 1.165) is 38.3 Å². The van der Waals surface area contributed by atoms with Crippen LogP contribution >= 0.6 is 0 Å². The molecule has 19 heavy (non-hydrogen) atoms. The fraction of sp³-hybridized carbons (Fsp3) is 0.933. The lowest BCUT2D eigenvalue weighted by molar-refractivity contribution is -0.126. The quantitative estimate of drug-likeness (QED) is 0.723. The molecule has 1 aliphatic heterocycles. The first kappa shape index (κ1) is 14.8. The zero-order chi connectivity index (χ0) is 13.3. The number of rotatable bonds is 6. The van der Waals surface area contributed by atoms with Crippen molar-refractivity contribution in [3.05, 3.63) is 0 Å². The van der Waals surface area contributed by atoms with E-state index in [0.29, 0.717) is 12.6 Å². The van der Waals surface area contributed by atoms with Crippen molar-refractivity contribution in [1.82, 2.24) is 10.6 Å². The number of amides is 1. The summed E-state index contributed by atoms with van der Waals surface area (Å²) < 4.78 is 5.50. The Bertz CT molecular complexity index is 259. The zero-order valence-electron chi connectivity index (χ0n) is 12.0. The van der Waals surface area contributed by atoms with Crippen molar-refractivity contribution in [2.45, 2.75) is 57.4 Å². The van der Waals surface area contributed by atoms with E-state index in [2.05, 4.69) is 10.6 Å². The number of hydrogen-bond donors (Lipinski definition) is 2. The molecule has 110 valence electrons. The lowest BCUT2D eigenvalue weighted by Crippen LogP contribution is -2.38. The Hall–Kier alpha value is -0.610. The summed E-state index contributed by atoms with van der Waals surface area (Å²) in [5.74, 6) is 0.795. The Balaban J connectivity index is 1.48. The number of carbonyl (C=O) groups excluding carboxylic acids is 1. The Labute approximate surface area is 116 Å². The largest absolute Gasteiger partial charge is 0.372 e. The van der Waals surface area contributed by atoms with E-state index in [-0.39, 0.29) is 12.5 Å². The van der Waals surface area contributed by atoms with Crippen LogP contribution in [0.15, 0.2) is 0 Å². The second kappa shape index (κ2) is 8.54. The fourth-order valence-electron chi connectivity index (χ4n) is 3.10. The van der Waals surface area contributed by atoms with Crippen LogP contribution in [0.1, 0.15) is 51.4 Å². The number of ether oxygens (including phenoxy) is 1. The van der Waals surface area contributed by atoms with Crippen LogP contribution in [-0.4, -0.2) is 38.3 Å². The van der Waals surface area contributed by atoms with E-state index in [1.807, 2.05) is 0 Å². The van der Waals surface area contributed by atoms with Crippen LogP contribution in [0.2, 0.25) is 0 Å². The molecule has 1 saturated heterocycles. The average molecular weight is 268 g/mol. The van der Waals surface area contributed by atoms with Gasteiger partial charge in [0.05, 0.1) is 0 Å². The molecule has 1 heterocycles. The van der Waals surface area contributed by atoms with Crippen LogP contribution in [0.5, 0.6) is 0 Å². The summed E-state index contributed by atoms with van der Waals surface area (Å²) in [7, 11) is 0. The van der Waals surface area contributed by atoms with Crippen LogP contribution in [0, 0.1) is 5.92 Å². The molecule has 0 radical (unpaired) electrons. The molecule has 4 heteroatoms. The van der Waals surface area contributed by atoms with Gasteiger partial charge in [-0.05, 0) is 51.1 Å². The molecule has 0 aromatic heterocycles. The van der Waals surface area contributed by atoms with Crippen LogP contribution in [0.3, 0.4) is 0 Å². The van der Waals surface area contributed by atoms with Gasteiger partial charge in [-0.2, -0.15) is 0 Å². The lowest BCUT2D eigenvalue weighted by Gasteiger charge is -2.23. The summed E-state index contributed by atoms with van der Waals surface area (Å²) in [6.45, 7) is 3.21. The fourth-order valence-corrected chi connectivity index (χ4v) is 3.10. The minimum atomic E-state index is 0.0636. The van der Waals surface area contributed by atoms with Gasteiger partial charge in [0.1, 0.15) is 6.61 Å². The number of piperidine rings is 1. The van der Waals surface area contributed by atoms with Gasteiger partial charge in [-0.3, -0.25) is 4.79 Å². The highest BCUT2D eigenvalue weighted by atomic mass is 16.5. The smallest absolute Gasteiger partial charge is 0.246 e. The standard InChI is InChI=1S/C15H28N2O2/c18-15(17-14-6-2-1-3-7-14)12-19-10-8-13-5-4-9-16-11-13/h13-14,16H,1-12H2,(H,17,18). The first-order valence-electron chi connectivity index (χ1n) is 7.92. The van der Waals surface area contributed by atoms with Gasteiger partial charge in [0.25, 0.3) is 0 Å². The normalized spacial score (nSPS) is 25.2. The van der Waals surface area contributed by atoms with Crippen LogP contribution < -0.4 is 10.6 Å². The summed E-state index contributed by atoms with van der Waals surface area (Å²) in [5, 5.41) is 6.48. The van der Waals surface area contributed by atoms with Crippen molar-refractivity contribution < 1.29 is 9.53 Å². The van der Waals surface area contributed by atoms with E-state index in [1.54, 1.807) is 0 Å². The molecule has 4 nitrogen and oxygen atoms in total. The van der Waals surface area contributed by atoms with E-state index in [1.165, 1.54) is 32.1 Å². The van der Waals surface area contributed by atoms with Crippen molar-refractivity contribution in [2.24, 2.45) is 5.92 Å². The van der Waals surface area contributed by atoms with Gasteiger partial charge in [-0.25, -0.2) is 0 Å². The molecule has 2 fully saturated rings. The van der Waals surface area contributed by atoms with Gasteiger partial charge in [0, 0.05) is 12.6 Å². The Kier molecular flexibility index (Phi) is 6.65. The minimum absolute atomic E-state index is 0.0636. The maximum absolute atomic E-state index is 11.7. The zero-order valence-corrected chi connectivity index (χ0v) is 12.0. The van der Waals surface area contributed by atoms with Gasteiger partial charge < -0.3 is 15.4 Å². The third-order valence-electron chi connectivity index (χ3n) is 4.27. The third kappa shape index (κ3) is 5.91. The third-order valence-corrected chi connectivity index (χ3v) is 4.27. The van der Waals surface area contributed by atoms with E-state index >= 15 is 0 Å². The molecule has 0 spiro atoms. The summed E-state index contributed by atoms with van der Waals surface area (Å²) >= 11 is 0. The Morgan fingerprint density at radius 3 is 2.74 bits per heavy atom. The van der Waals surface area contributed by atoms with Crippen LogP contribution in [0.25, 0.3) is 0 Å². The molecule has 0 aromatic rings. The molecule has 1 saturated carbocycles. The van der Waals surface area contributed by atoms with E-state index in [9.17, 15) is 4.79 Å². The Morgan fingerprint density at radius 2 is 2.00 bits per heavy atom. The number of hydrogen-bond acceptors (Lipinski definition) is 3. The van der Waals surface area contributed by atoms with Crippen molar-refractivity contribution in [3.8, 4) is 0 Å². The van der Waals surface area contributed by atoms with Crippen molar-refractivity contribution in [3.63, 3.8) is 0 Å². The lowest BCUT2D eigenvalue weighted by atomic mass is 9.95. The van der Waals surface area contributed by atoms with Crippen molar-refractivity contribution in [2.75, 3.05) is 26.3 Å². The molecule has 0 aromatic carbocycles. The average Bonchev–Trinajstić information content (AvgIpc) is 2.46. The summed E-state index contributed by atoms with van der Waals surface area (Å²) in [6, 6.07) is 0.396. The van der Waals surface area contributed by atoms with Crippen LogP contribution in [0.4, 0.5) is 0 Å². The number of nitrogens with one attached hydrogen (secondary N) is 2. The molecule has 1 aliphatic carbocycles. The van der Waals surface area contributed by atoms with E-state index < -0.39 is 0 Å². The van der Waals surface area contributed by atoms with Gasteiger partial charge in [0.2, 0.25) is 5.91 Å². The highest BCUT2D eigenvalue weighted by Gasteiger charge is 2.16. The second-order valence-electron chi connectivity index (χ2n) is 5.96. The maximum atomic E-state index is 11.7. The predicted molar refractivity (Wildman–Crippen MR) is 76.0 cm³/mol. The SMILES string of the molecule is O=C(COCCC1CCCNC1)NC1CCCCC1. The molecule has 1 amide bonds. The molecular weight excluding hydrogens is 240 g/mol. The molecule has 2 N–H and O–H groups in total. The van der Waals surface area contributed by atoms with Crippen molar-refractivity contribution in [1.29, 1.82) is 0 Å². The molecule has 1 unspecified atom stereocenters. The minimum Gasteiger partial charge on any atom is -0.372 e. The molecule has 1 atom stereocenters. The van der Waals surface area contributed by atoms with Gasteiger partial charge in [-0.15, -0.1) is 0 Å². The highest BCUT2D eigenvalue weighted by molar-refractivity contribution is 5.77. The predicted octanol–water partition coefficient (Wildman–Crippen LogP) is 1.84. The highest BCUT2D eigenvalue weighted by Crippen LogP contribution is 2.17. The molecule has 2 aliphatic rings. The molecule has 2 rings (SSSR count). The second-order valence-corrected chi connectivity index (χ2v) is 5.96. The summed E-state index contributed by atoms with van der Waals surface area (Å²) in [4.78, 5) is 11.7. The van der Waals surface area contributed by atoms with Gasteiger partial charge >= 0.3 is 0 Å². The van der Waals surface area contributed by atoms with E-state index in [4.69, 9.17) is 4.74 Å². The summed E-state index contributed by atoms with van der Waals surface area (Å²) in [6.07, 6.45) is 9.74. The van der Waals surface area contributed by atoms with Gasteiger partial charge in [-0.1, -0.05) is 19.3 Å². The first-order chi connectivity index (χ1) is 9.34. The summed E-state index contributed by atoms with van der Waals surface area (Å²) in [5.41, 5.74) is 0.